The van der Waals surface area contributed by atoms with Crippen molar-refractivity contribution in [3.63, 3.8) is 0 Å². The van der Waals surface area contributed by atoms with E-state index in [1.54, 1.807) is 0 Å². The quantitative estimate of drug-likeness (QED) is 0.520. The number of ether oxygens (including phenoxy) is 3. The fraction of sp³-hybridized carbons (Fsp3) is 0.966. The predicted molar refractivity (Wildman–Crippen MR) is 129 cm³/mol. The molecule has 4 saturated carbocycles. The highest BCUT2D eigenvalue weighted by Gasteiger charge is 2.72. The lowest BCUT2D eigenvalue weighted by Crippen LogP contribution is -2.56. The van der Waals surface area contributed by atoms with Gasteiger partial charge in [-0.15, -0.1) is 0 Å². The van der Waals surface area contributed by atoms with Gasteiger partial charge in [0.05, 0.1) is 18.8 Å². The molecule has 5 heteroatoms. The van der Waals surface area contributed by atoms with Crippen LogP contribution in [-0.4, -0.2) is 41.8 Å². The molecule has 34 heavy (non-hydrogen) atoms. The molecule has 1 N–H and O–H groups in total. The number of carbonyl (C=O) groups is 1. The number of rotatable bonds is 1. The third-order valence-electron chi connectivity index (χ3n) is 12.2. The van der Waals surface area contributed by atoms with E-state index in [0.717, 1.165) is 38.7 Å². The largest absolute Gasteiger partial charge is 0.463 e. The summed E-state index contributed by atoms with van der Waals surface area (Å²) in [4.78, 5) is 11.6. The topological polar surface area (TPSA) is 65.0 Å². The van der Waals surface area contributed by atoms with E-state index in [-0.39, 0.29) is 29.7 Å². The second-order valence-electron chi connectivity index (χ2n) is 13.8. The van der Waals surface area contributed by atoms with Crippen LogP contribution in [-0.2, 0) is 19.0 Å². The Morgan fingerprint density at radius 2 is 1.74 bits per heavy atom. The molecular formula is C29H46O5. The maximum Gasteiger partial charge on any atom is 0.302 e. The molecule has 2 aliphatic heterocycles. The van der Waals surface area contributed by atoms with Gasteiger partial charge in [0.2, 0.25) is 0 Å². The Morgan fingerprint density at radius 1 is 0.971 bits per heavy atom. The van der Waals surface area contributed by atoms with Crippen LogP contribution in [0.15, 0.2) is 0 Å². The average molecular weight is 475 g/mol. The van der Waals surface area contributed by atoms with Crippen LogP contribution in [0.4, 0.5) is 0 Å². The predicted octanol–water partition coefficient (Wildman–Crippen LogP) is 5.34. The standard InChI is InChI=1S/C29H46O5/c1-16-8-13-29(32-15-16)17(2)23-26(34-29)25(31)24-21-7-6-19-14-20(33-18(3)30)9-11-27(19,4)22(21)10-12-28(23,24)5/h16-17,19-26,31H,6-15H2,1-5H3. The number of esters is 1. The van der Waals surface area contributed by atoms with E-state index in [1.807, 2.05) is 0 Å². The highest BCUT2D eigenvalue weighted by Crippen LogP contribution is 2.71. The monoisotopic (exact) mass is 474 g/mol. The van der Waals surface area contributed by atoms with Gasteiger partial charge in [-0.05, 0) is 91.8 Å². The summed E-state index contributed by atoms with van der Waals surface area (Å²) in [7, 11) is 0. The summed E-state index contributed by atoms with van der Waals surface area (Å²) in [5.74, 6) is 2.88. The summed E-state index contributed by atoms with van der Waals surface area (Å²) in [6.07, 6.45) is 9.75. The molecule has 0 bridgehead atoms. The van der Waals surface area contributed by atoms with Crippen molar-refractivity contribution in [1.29, 1.82) is 0 Å². The van der Waals surface area contributed by atoms with Gasteiger partial charge in [0.1, 0.15) is 6.10 Å². The first-order valence-electron chi connectivity index (χ1n) is 14.3. The van der Waals surface area contributed by atoms with E-state index in [2.05, 4.69) is 27.7 Å². The van der Waals surface area contributed by atoms with Crippen LogP contribution >= 0.6 is 0 Å². The molecule has 0 radical (unpaired) electrons. The molecule has 5 nitrogen and oxygen atoms in total. The first-order chi connectivity index (χ1) is 16.1. The number of hydrogen-bond acceptors (Lipinski definition) is 5. The SMILES string of the molecule is CC(=O)OC1CCC2(C)C(CCC3C2CCC2(C)C3C(O)C3OC4(CCC(C)CO4)C(C)C32)C1. The zero-order valence-corrected chi connectivity index (χ0v) is 21.9. The normalized spacial score (nSPS) is 58.5. The zero-order valence-electron chi connectivity index (χ0n) is 21.9. The van der Waals surface area contributed by atoms with Crippen LogP contribution in [0.2, 0.25) is 0 Å². The van der Waals surface area contributed by atoms with Crippen molar-refractivity contribution >= 4 is 5.97 Å². The molecule has 0 aromatic rings. The lowest BCUT2D eigenvalue weighted by atomic mass is 9.44. The molecular weight excluding hydrogens is 428 g/mol. The summed E-state index contributed by atoms with van der Waals surface area (Å²) in [5.41, 5.74) is 0.424. The minimum Gasteiger partial charge on any atom is -0.463 e. The van der Waals surface area contributed by atoms with Gasteiger partial charge in [-0.3, -0.25) is 4.79 Å². The van der Waals surface area contributed by atoms with Crippen LogP contribution < -0.4 is 0 Å². The summed E-state index contributed by atoms with van der Waals surface area (Å²) in [6, 6.07) is 0. The van der Waals surface area contributed by atoms with E-state index >= 15 is 0 Å². The van der Waals surface area contributed by atoms with E-state index in [0.29, 0.717) is 46.8 Å². The Labute approximate surface area is 205 Å². The molecule has 6 aliphatic rings. The number of aliphatic hydroxyl groups excluding tert-OH is 1. The smallest absolute Gasteiger partial charge is 0.302 e. The first kappa shape index (κ1) is 23.7. The van der Waals surface area contributed by atoms with Crippen molar-refractivity contribution in [1.82, 2.24) is 0 Å². The highest BCUT2D eigenvalue weighted by atomic mass is 16.7. The Hall–Kier alpha value is -0.650. The second kappa shape index (κ2) is 7.92. The highest BCUT2D eigenvalue weighted by molar-refractivity contribution is 5.66. The Kier molecular flexibility index (Phi) is 5.53. The van der Waals surface area contributed by atoms with Crippen molar-refractivity contribution < 1.29 is 24.1 Å². The lowest BCUT2D eigenvalue weighted by molar-refractivity contribution is -0.282. The average Bonchev–Trinajstić information content (AvgIpc) is 3.19. The summed E-state index contributed by atoms with van der Waals surface area (Å²) in [5, 5.41) is 11.9. The minimum absolute atomic E-state index is 0.0811. The number of fused-ring (bicyclic) bond motifs is 7. The third kappa shape index (κ3) is 3.18. The fourth-order valence-electron chi connectivity index (χ4n) is 10.6. The van der Waals surface area contributed by atoms with Crippen molar-refractivity contribution in [2.45, 2.75) is 117 Å². The maximum absolute atomic E-state index is 11.9. The molecule has 0 aromatic heterocycles. The third-order valence-corrected chi connectivity index (χ3v) is 12.2. The molecule has 1 spiro atoms. The Morgan fingerprint density at radius 3 is 2.44 bits per heavy atom. The van der Waals surface area contributed by atoms with Gasteiger partial charge >= 0.3 is 5.97 Å². The van der Waals surface area contributed by atoms with E-state index in [9.17, 15) is 9.90 Å². The fourth-order valence-corrected chi connectivity index (χ4v) is 10.6. The van der Waals surface area contributed by atoms with Gasteiger partial charge in [-0.2, -0.15) is 0 Å². The van der Waals surface area contributed by atoms with E-state index < -0.39 is 5.79 Å². The molecule has 6 fully saturated rings. The Balaban J connectivity index is 1.24. The van der Waals surface area contributed by atoms with Gasteiger partial charge in [-0.1, -0.05) is 27.7 Å². The molecule has 6 rings (SSSR count). The van der Waals surface area contributed by atoms with Crippen LogP contribution in [0, 0.1) is 52.3 Å². The molecule has 0 aromatic carbocycles. The Bertz CT molecular complexity index is 819. The molecule has 2 heterocycles. The van der Waals surface area contributed by atoms with Crippen LogP contribution in [0.25, 0.3) is 0 Å². The summed E-state index contributed by atoms with van der Waals surface area (Å²) < 4.78 is 18.8. The lowest BCUT2D eigenvalue weighted by Gasteiger charge is -2.61. The maximum atomic E-state index is 11.9. The van der Waals surface area contributed by atoms with Gasteiger partial charge in [0.15, 0.2) is 5.79 Å². The molecule has 0 amide bonds. The first-order valence-corrected chi connectivity index (χ1v) is 14.3. The van der Waals surface area contributed by atoms with Gasteiger partial charge < -0.3 is 19.3 Å². The van der Waals surface area contributed by atoms with E-state index in [1.165, 1.54) is 32.6 Å². The van der Waals surface area contributed by atoms with Gasteiger partial charge in [0.25, 0.3) is 0 Å². The van der Waals surface area contributed by atoms with Crippen molar-refractivity contribution in [2.75, 3.05) is 6.61 Å². The molecule has 4 aliphatic carbocycles. The molecule has 13 unspecified atom stereocenters. The van der Waals surface area contributed by atoms with Crippen LogP contribution in [0.1, 0.15) is 92.4 Å². The van der Waals surface area contributed by atoms with Gasteiger partial charge in [-0.25, -0.2) is 0 Å². The van der Waals surface area contributed by atoms with E-state index in [4.69, 9.17) is 14.2 Å². The second-order valence-corrected chi connectivity index (χ2v) is 13.8. The molecule has 13 atom stereocenters. The van der Waals surface area contributed by atoms with Crippen molar-refractivity contribution in [3.05, 3.63) is 0 Å². The van der Waals surface area contributed by atoms with Crippen LogP contribution in [0.5, 0.6) is 0 Å². The number of carbonyl (C=O) groups excluding carboxylic acids is 1. The van der Waals surface area contributed by atoms with Crippen molar-refractivity contribution in [2.24, 2.45) is 52.3 Å². The number of hydrogen-bond donors (Lipinski definition) is 1. The summed E-state index contributed by atoms with van der Waals surface area (Å²) in [6.45, 7) is 11.9. The van der Waals surface area contributed by atoms with Gasteiger partial charge in [0, 0.05) is 25.2 Å². The van der Waals surface area contributed by atoms with Crippen molar-refractivity contribution in [3.8, 4) is 0 Å². The van der Waals surface area contributed by atoms with Crippen LogP contribution in [0.3, 0.4) is 0 Å². The minimum atomic E-state index is -0.480. The zero-order chi connectivity index (χ0) is 24.0. The molecule has 2 saturated heterocycles. The number of aliphatic hydroxyl groups is 1. The molecule has 192 valence electrons. The summed E-state index contributed by atoms with van der Waals surface area (Å²) >= 11 is 0.